The molecule has 2 aliphatic rings. The topological polar surface area (TPSA) is 107 Å². The highest BCUT2D eigenvalue weighted by molar-refractivity contribution is 7.20. The molecular formula is C31H33ClN4O5S. The van der Waals surface area contributed by atoms with Crippen LogP contribution in [-0.2, 0) is 26.4 Å². The molecule has 1 saturated carbocycles. The van der Waals surface area contributed by atoms with E-state index < -0.39 is 5.97 Å². The summed E-state index contributed by atoms with van der Waals surface area (Å²) in [6, 6.07) is 6.23. The third-order valence-corrected chi connectivity index (χ3v) is 9.97. The van der Waals surface area contributed by atoms with Crippen molar-refractivity contribution in [2.45, 2.75) is 64.6 Å². The first-order valence-corrected chi connectivity index (χ1v) is 15.3. The fraction of sp³-hybridized carbons (Fsp3) is 0.419. The van der Waals surface area contributed by atoms with E-state index in [2.05, 4.69) is 11.9 Å². The van der Waals surface area contributed by atoms with Crippen LogP contribution >= 0.6 is 22.9 Å². The number of halogens is 1. The number of pyridine rings is 1. The van der Waals surface area contributed by atoms with Crippen molar-refractivity contribution >= 4 is 39.0 Å². The number of aryl methyl sites for hydroxylation is 4. The number of fused-ring (bicyclic) bond motifs is 2. The number of hydrogen-bond donors (Lipinski definition) is 1. The number of carboxylic acids is 1. The average molecular weight is 609 g/mol. The van der Waals surface area contributed by atoms with Gasteiger partial charge in [-0.05, 0) is 71.2 Å². The van der Waals surface area contributed by atoms with Crippen LogP contribution in [0, 0.1) is 13.8 Å². The van der Waals surface area contributed by atoms with Crippen LogP contribution in [0.15, 0.2) is 34.0 Å². The fourth-order valence-electron chi connectivity index (χ4n) is 6.16. The van der Waals surface area contributed by atoms with E-state index in [1.54, 1.807) is 42.9 Å². The van der Waals surface area contributed by atoms with Crippen molar-refractivity contribution in [1.82, 2.24) is 19.0 Å². The second-order valence-electron chi connectivity index (χ2n) is 11.3. The SMILES string of the molecule is Cc1sc2c(-c3cc(Cl)ccc3OCCn3c(C)nc4c(c3=O)C[C@@H](N(C)C3CC3)CC4)cn(C)c(=O)c2c1C(=O)O. The Morgan fingerprint density at radius 2 is 1.93 bits per heavy atom. The number of hydrogen-bond acceptors (Lipinski definition) is 7. The van der Waals surface area contributed by atoms with Gasteiger partial charge in [0.2, 0.25) is 0 Å². The summed E-state index contributed by atoms with van der Waals surface area (Å²) in [4.78, 5) is 46.4. The van der Waals surface area contributed by atoms with E-state index in [4.69, 9.17) is 21.3 Å². The molecule has 1 aromatic carbocycles. The fourth-order valence-corrected chi connectivity index (χ4v) is 7.49. The lowest BCUT2D eigenvalue weighted by atomic mass is 9.91. The van der Waals surface area contributed by atoms with Gasteiger partial charge in [-0.3, -0.25) is 14.2 Å². The van der Waals surface area contributed by atoms with Crippen LogP contribution in [0.4, 0.5) is 0 Å². The van der Waals surface area contributed by atoms with Gasteiger partial charge in [-0.1, -0.05) is 11.6 Å². The molecule has 4 aromatic rings. The van der Waals surface area contributed by atoms with E-state index in [-0.39, 0.29) is 28.7 Å². The number of benzene rings is 1. The molecule has 0 aliphatic heterocycles. The van der Waals surface area contributed by atoms with Gasteiger partial charge in [0.05, 0.1) is 27.9 Å². The number of carboxylic acid groups (broad SMARTS) is 1. The molecule has 0 bridgehead atoms. The van der Waals surface area contributed by atoms with E-state index >= 15 is 0 Å². The number of rotatable bonds is 8. The standard InChI is InChI=1S/C31H33ClN4O5S/c1-16-26(31(39)40)27-28(42-16)23(15-34(3)30(27)38)21-13-18(32)5-10-25(21)41-12-11-36-17(2)33-24-9-8-20(14-22(24)29(36)37)35(4)19-6-7-19/h5,10,13,15,19-20H,6-9,11-12,14H2,1-4H3,(H,39,40)/t20-/m0/s1. The highest BCUT2D eigenvalue weighted by Crippen LogP contribution is 2.41. The average Bonchev–Trinajstić information content (AvgIpc) is 3.74. The molecule has 1 atom stereocenters. The lowest BCUT2D eigenvalue weighted by Crippen LogP contribution is -2.42. The van der Waals surface area contributed by atoms with Crippen LogP contribution in [0.5, 0.6) is 5.75 Å². The molecule has 0 unspecified atom stereocenters. The van der Waals surface area contributed by atoms with Crippen LogP contribution in [0.1, 0.15) is 51.6 Å². The highest BCUT2D eigenvalue weighted by atomic mass is 35.5. The van der Waals surface area contributed by atoms with Crippen LogP contribution in [0.25, 0.3) is 21.2 Å². The second kappa shape index (κ2) is 11.0. The first-order valence-electron chi connectivity index (χ1n) is 14.1. The number of aromatic carboxylic acids is 1. The quantitative estimate of drug-likeness (QED) is 0.306. The molecule has 0 spiro atoms. The van der Waals surface area contributed by atoms with E-state index in [1.165, 1.54) is 28.7 Å². The van der Waals surface area contributed by atoms with Gasteiger partial charge in [-0.2, -0.15) is 0 Å². The summed E-state index contributed by atoms with van der Waals surface area (Å²) in [5, 5.41) is 10.5. The van der Waals surface area contributed by atoms with Gasteiger partial charge >= 0.3 is 5.97 Å². The first-order chi connectivity index (χ1) is 20.0. The van der Waals surface area contributed by atoms with Gasteiger partial charge in [0, 0.05) is 51.9 Å². The summed E-state index contributed by atoms with van der Waals surface area (Å²) >= 11 is 7.66. The van der Waals surface area contributed by atoms with Gasteiger partial charge in [-0.25, -0.2) is 9.78 Å². The van der Waals surface area contributed by atoms with Crippen molar-refractivity contribution in [1.29, 1.82) is 0 Å². The second-order valence-corrected chi connectivity index (χ2v) is 13.0. The number of likely N-dealkylation sites (N-methyl/N-ethyl adjacent to an activating group) is 1. The van der Waals surface area contributed by atoms with Crippen LogP contribution in [0.2, 0.25) is 5.02 Å². The van der Waals surface area contributed by atoms with E-state index in [9.17, 15) is 19.5 Å². The normalized spacial score (nSPS) is 16.7. The van der Waals surface area contributed by atoms with Crippen LogP contribution in [-0.4, -0.2) is 55.8 Å². The Morgan fingerprint density at radius 3 is 2.64 bits per heavy atom. The Morgan fingerprint density at radius 1 is 1.17 bits per heavy atom. The maximum absolute atomic E-state index is 13.6. The molecular weight excluding hydrogens is 576 g/mol. The van der Waals surface area contributed by atoms with Crippen molar-refractivity contribution in [2.75, 3.05) is 13.7 Å². The molecule has 6 rings (SSSR count). The van der Waals surface area contributed by atoms with E-state index in [0.29, 0.717) is 55.9 Å². The van der Waals surface area contributed by atoms with E-state index in [0.717, 1.165) is 30.5 Å². The molecule has 1 fully saturated rings. The zero-order valence-electron chi connectivity index (χ0n) is 24.1. The Hall–Kier alpha value is -3.47. The Bertz CT molecular complexity index is 1860. The van der Waals surface area contributed by atoms with E-state index in [1.807, 2.05) is 6.92 Å². The molecule has 42 heavy (non-hydrogen) atoms. The molecule has 3 heterocycles. The minimum Gasteiger partial charge on any atom is -0.491 e. The van der Waals surface area contributed by atoms with Gasteiger partial charge < -0.3 is 19.3 Å². The third-order valence-electron chi connectivity index (χ3n) is 8.60. The monoisotopic (exact) mass is 608 g/mol. The zero-order valence-corrected chi connectivity index (χ0v) is 25.6. The largest absolute Gasteiger partial charge is 0.491 e. The number of thiophene rings is 1. The van der Waals surface area contributed by atoms with Gasteiger partial charge in [-0.15, -0.1) is 11.3 Å². The van der Waals surface area contributed by atoms with Gasteiger partial charge in [0.25, 0.3) is 11.1 Å². The first kappa shape index (κ1) is 28.6. The van der Waals surface area contributed by atoms with Crippen molar-refractivity contribution in [2.24, 2.45) is 7.05 Å². The van der Waals surface area contributed by atoms with Crippen molar-refractivity contribution in [3.05, 3.63) is 77.6 Å². The third kappa shape index (κ3) is 5.05. The summed E-state index contributed by atoms with van der Waals surface area (Å²) in [5.41, 5.74) is 2.66. The minimum absolute atomic E-state index is 0.00125. The maximum atomic E-state index is 13.6. The number of aromatic nitrogens is 3. The molecule has 0 saturated heterocycles. The molecule has 0 radical (unpaired) electrons. The lowest BCUT2D eigenvalue weighted by molar-refractivity contribution is 0.0698. The minimum atomic E-state index is -1.14. The highest BCUT2D eigenvalue weighted by Gasteiger charge is 2.34. The Labute approximate surface area is 251 Å². The Balaban J connectivity index is 1.30. The Kier molecular flexibility index (Phi) is 7.49. The van der Waals surface area contributed by atoms with Crippen LogP contribution < -0.4 is 15.9 Å². The van der Waals surface area contributed by atoms with Crippen LogP contribution in [0.3, 0.4) is 0 Å². The zero-order chi connectivity index (χ0) is 29.9. The van der Waals surface area contributed by atoms with Crippen molar-refractivity contribution < 1.29 is 14.6 Å². The predicted molar refractivity (Wildman–Crippen MR) is 165 cm³/mol. The smallest absolute Gasteiger partial charge is 0.337 e. The predicted octanol–water partition coefficient (Wildman–Crippen LogP) is 4.82. The molecule has 220 valence electrons. The molecule has 2 aliphatic carbocycles. The van der Waals surface area contributed by atoms with Gasteiger partial charge in [0.15, 0.2) is 0 Å². The number of nitrogens with zero attached hydrogens (tertiary/aromatic N) is 4. The molecule has 3 aromatic heterocycles. The number of ether oxygens (including phenoxy) is 1. The summed E-state index contributed by atoms with van der Waals surface area (Å²) in [5.74, 6) is 0.0493. The molecule has 1 N–H and O–H groups in total. The number of carbonyl (C=O) groups is 1. The summed E-state index contributed by atoms with van der Waals surface area (Å²) in [6.45, 7) is 4.09. The molecule has 11 heteroatoms. The molecule has 0 amide bonds. The maximum Gasteiger partial charge on any atom is 0.337 e. The summed E-state index contributed by atoms with van der Waals surface area (Å²) in [7, 11) is 3.77. The van der Waals surface area contributed by atoms with Gasteiger partial charge in [0.1, 0.15) is 18.2 Å². The molecule has 9 nitrogen and oxygen atoms in total. The summed E-state index contributed by atoms with van der Waals surface area (Å²) in [6.07, 6.45) is 6.71. The summed E-state index contributed by atoms with van der Waals surface area (Å²) < 4.78 is 9.90. The van der Waals surface area contributed by atoms with Crippen molar-refractivity contribution in [3.8, 4) is 16.9 Å². The lowest BCUT2D eigenvalue weighted by Gasteiger charge is -2.32. The van der Waals surface area contributed by atoms with Crippen molar-refractivity contribution in [3.63, 3.8) is 0 Å².